The molecule has 166 valence electrons. The van der Waals surface area contributed by atoms with E-state index in [0.717, 1.165) is 40.8 Å². The summed E-state index contributed by atoms with van der Waals surface area (Å²) in [6.45, 7) is 2.98. The molecule has 3 atom stereocenters. The first kappa shape index (κ1) is 19.8. The van der Waals surface area contributed by atoms with Gasteiger partial charge in [0.1, 0.15) is 23.7 Å². The molecule has 0 radical (unpaired) electrons. The summed E-state index contributed by atoms with van der Waals surface area (Å²) in [5.41, 5.74) is 10.1. The molecule has 4 N–H and O–H groups in total. The standard InChI is InChI=1S/C24H24N8O/c1-13-3-2-8-26-22(13)30-24(33)16-6-4-15(5-7-16)20-19-21(25)28-12-29-23(19)32(31-20)18-10-14-9-17(18)27-11-14/h2-8,12,14,17-18,27H,9-11H2,1H3,(H2,25,28,29)(H,26,30,33)/t14-,17-,18-/m1/s1. The van der Waals surface area contributed by atoms with Crippen LogP contribution in [-0.4, -0.2) is 43.2 Å². The number of fused-ring (bicyclic) bond motifs is 3. The highest BCUT2D eigenvalue weighted by atomic mass is 16.1. The van der Waals surface area contributed by atoms with Crippen LogP contribution in [0.15, 0.2) is 48.9 Å². The molecule has 1 aliphatic heterocycles. The van der Waals surface area contributed by atoms with E-state index in [0.29, 0.717) is 29.2 Å². The van der Waals surface area contributed by atoms with Gasteiger partial charge in [-0.1, -0.05) is 18.2 Å². The molecule has 6 rings (SSSR count). The van der Waals surface area contributed by atoms with Gasteiger partial charge in [-0.2, -0.15) is 5.10 Å². The highest BCUT2D eigenvalue weighted by molar-refractivity contribution is 6.05. The highest BCUT2D eigenvalue weighted by Gasteiger charge is 2.42. The SMILES string of the molecule is Cc1cccnc1NC(=O)c1ccc(-c2nn([C@@H]3C[C@@H]4CN[C@@H]3C4)c3ncnc(N)c23)cc1. The van der Waals surface area contributed by atoms with Crippen LogP contribution in [-0.2, 0) is 0 Å². The van der Waals surface area contributed by atoms with Crippen LogP contribution in [0.5, 0.6) is 0 Å². The molecule has 1 aliphatic carbocycles. The average Bonchev–Trinajstić information content (AvgIpc) is 3.55. The predicted molar refractivity (Wildman–Crippen MR) is 126 cm³/mol. The first-order chi connectivity index (χ1) is 16.1. The third-order valence-corrected chi connectivity index (χ3v) is 6.79. The van der Waals surface area contributed by atoms with Gasteiger partial charge < -0.3 is 16.4 Å². The van der Waals surface area contributed by atoms with Gasteiger partial charge in [0.2, 0.25) is 0 Å². The van der Waals surface area contributed by atoms with Gasteiger partial charge in [-0.25, -0.2) is 19.6 Å². The largest absolute Gasteiger partial charge is 0.383 e. The van der Waals surface area contributed by atoms with E-state index >= 15 is 0 Å². The van der Waals surface area contributed by atoms with Crippen LogP contribution in [0.25, 0.3) is 22.3 Å². The normalized spacial score (nSPS) is 21.5. The zero-order valence-corrected chi connectivity index (χ0v) is 18.2. The highest BCUT2D eigenvalue weighted by Crippen LogP contribution is 2.41. The summed E-state index contributed by atoms with van der Waals surface area (Å²) < 4.78 is 2.02. The molecule has 1 aromatic carbocycles. The van der Waals surface area contributed by atoms with Gasteiger partial charge in [-0.05, 0) is 56.0 Å². The van der Waals surface area contributed by atoms with E-state index in [-0.39, 0.29) is 11.9 Å². The Kier molecular flexibility index (Phi) is 4.58. The van der Waals surface area contributed by atoms with Crippen LogP contribution < -0.4 is 16.4 Å². The Morgan fingerprint density at radius 2 is 2.00 bits per heavy atom. The minimum atomic E-state index is -0.213. The zero-order chi connectivity index (χ0) is 22.5. The van der Waals surface area contributed by atoms with Crippen molar-refractivity contribution in [2.75, 3.05) is 17.6 Å². The number of amides is 1. The van der Waals surface area contributed by atoms with Gasteiger partial charge >= 0.3 is 0 Å². The third kappa shape index (κ3) is 3.32. The molecule has 4 heterocycles. The maximum Gasteiger partial charge on any atom is 0.256 e. The molecule has 9 heteroatoms. The van der Waals surface area contributed by atoms with Crippen molar-refractivity contribution in [3.8, 4) is 11.3 Å². The summed E-state index contributed by atoms with van der Waals surface area (Å²) in [6, 6.07) is 11.7. The van der Waals surface area contributed by atoms with E-state index in [4.69, 9.17) is 10.8 Å². The van der Waals surface area contributed by atoms with Crippen LogP contribution in [0.4, 0.5) is 11.6 Å². The summed E-state index contributed by atoms with van der Waals surface area (Å²) in [4.78, 5) is 25.7. The van der Waals surface area contributed by atoms with Crippen molar-refractivity contribution in [3.63, 3.8) is 0 Å². The van der Waals surface area contributed by atoms with Crippen molar-refractivity contribution in [3.05, 3.63) is 60.0 Å². The number of nitrogens with zero attached hydrogens (tertiary/aromatic N) is 5. The van der Waals surface area contributed by atoms with Crippen LogP contribution in [0.1, 0.15) is 34.8 Å². The monoisotopic (exact) mass is 440 g/mol. The molecule has 9 nitrogen and oxygen atoms in total. The minimum absolute atomic E-state index is 0.213. The number of piperidine rings is 1. The molecule has 2 fully saturated rings. The molecule has 2 bridgehead atoms. The first-order valence-electron chi connectivity index (χ1n) is 11.1. The Morgan fingerprint density at radius 1 is 1.15 bits per heavy atom. The van der Waals surface area contributed by atoms with Crippen LogP contribution in [0, 0.1) is 12.8 Å². The Bertz CT molecular complexity index is 1360. The lowest BCUT2D eigenvalue weighted by atomic mass is 10.1. The second-order valence-corrected chi connectivity index (χ2v) is 8.87. The molecule has 1 saturated carbocycles. The second kappa shape index (κ2) is 7.63. The molecule has 3 aromatic heterocycles. The number of carbonyl (C=O) groups excluding carboxylic acids is 1. The van der Waals surface area contributed by atoms with E-state index in [1.165, 1.54) is 12.7 Å². The molecule has 0 spiro atoms. The van der Waals surface area contributed by atoms with Gasteiger partial charge in [0.05, 0.1) is 11.4 Å². The van der Waals surface area contributed by atoms with Gasteiger partial charge in [0.25, 0.3) is 5.91 Å². The maximum absolute atomic E-state index is 12.7. The van der Waals surface area contributed by atoms with Crippen LogP contribution in [0.2, 0.25) is 0 Å². The number of hydrogen-bond donors (Lipinski definition) is 3. The fourth-order valence-corrected chi connectivity index (χ4v) is 5.10. The van der Waals surface area contributed by atoms with Crippen molar-refractivity contribution in [1.29, 1.82) is 0 Å². The van der Waals surface area contributed by atoms with Crippen molar-refractivity contribution >= 4 is 28.6 Å². The molecule has 0 unspecified atom stereocenters. The van der Waals surface area contributed by atoms with Crippen molar-refractivity contribution in [1.82, 2.24) is 30.0 Å². The number of aromatic nitrogens is 5. The molecular formula is C24H24N8O. The number of benzene rings is 1. The lowest BCUT2D eigenvalue weighted by Crippen LogP contribution is -2.35. The molecule has 2 aliphatic rings. The number of nitrogens with two attached hydrogens (primary N) is 1. The van der Waals surface area contributed by atoms with E-state index in [1.54, 1.807) is 18.3 Å². The fraction of sp³-hybridized carbons (Fsp3) is 0.292. The number of pyridine rings is 1. The number of hydrogen-bond acceptors (Lipinski definition) is 7. The van der Waals surface area contributed by atoms with Gasteiger partial charge in [-0.3, -0.25) is 4.79 Å². The van der Waals surface area contributed by atoms with E-state index in [2.05, 4.69) is 25.6 Å². The van der Waals surface area contributed by atoms with Crippen molar-refractivity contribution in [2.45, 2.75) is 31.8 Å². The smallest absolute Gasteiger partial charge is 0.256 e. The summed E-state index contributed by atoms with van der Waals surface area (Å²) in [5.74, 6) is 1.43. The number of anilines is 2. The number of aryl methyl sites for hydroxylation is 1. The van der Waals surface area contributed by atoms with Gasteiger partial charge in [0.15, 0.2) is 5.65 Å². The van der Waals surface area contributed by atoms with E-state index in [9.17, 15) is 4.79 Å². The number of nitrogen functional groups attached to an aromatic ring is 1. The topological polar surface area (TPSA) is 124 Å². The maximum atomic E-state index is 12.7. The van der Waals surface area contributed by atoms with Gasteiger partial charge in [-0.15, -0.1) is 0 Å². The summed E-state index contributed by atoms with van der Waals surface area (Å²) >= 11 is 0. The molecule has 33 heavy (non-hydrogen) atoms. The summed E-state index contributed by atoms with van der Waals surface area (Å²) in [5, 5.41) is 12.2. The van der Waals surface area contributed by atoms with Gasteiger partial charge in [0, 0.05) is 23.4 Å². The zero-order valence-electron chi connectivity index (χ0n) is 18.2. The quantitative estimate of drug-likeness (QED) is 0.446. The number of nitrogens with one attached hydrogen (secondary N) is 2. The third-order valence-electron chi connectivity index (χ3n) is 6.79. The van der Waals surface area contributed by atoms with Crippen LogP contribution >= 0.6 is 0 Å². The Morgan fingerprint density at radius 3 is 2.73 bits per heavy atom. The Hall–Kier alpha value is -3.85. The average molecular weight is 441 g/mol. The minimum Gasteiger partial charge on any atom is -0.383 e. The molecular weight excluding hydrogens is 416 g/mol. The fourth-order valence-electron chi connectivity index (χ4n) is 5.10. The van der Waals surface area contributed by atoms with Crippen molar-refractivity contribution < 1.29 is 4.79 Å². The molecule has 1 amide bonds. The Labute approximate surface area is 190 Å². The van der Waals surface area contributed by atoms with Crippen molar-refractivity contribution in [2.24, 2.45) is 5.92 Å². The van der Waals surface area contributed by atoms with E-state index < -0.39 is 0 Å². The predicted octanol–water partition coefficient (Wildman–Crippen LogP) is 2.95. The lowest BCUT2D eigenvalue weighted by molar-refractivity contribution is 0.102. The lowest BCUT2D eigenvalue weighted by Gasteiger charge is -2.23. The molecule has 4 aromatic rings. The van der Waals surface area contributed by atoms with E-state index in [1.807, 2.05) is 35.9 Å². The Balaban J connectivity index is 1.34. The summed E-state index contributed by atoms with van der Waals surface area (Å²) in [6.07, 6.45) is 5.41. The second-order valence-electron chi connectivity index (χ2n) is 8.87. The first-order valence-corrected chi connectivity index (χ1v) is 11.1. The summed E-state index contributed by atoms with van der Waals surface area (Å²) in [7, 11) is 0. The molecule has 1 saturated heterocycles. The van der Waals surface area contributed by atoms with Crippen LogP contribution in [0.3, 0.4) is 0 Å². The number of carbonyl (C=O) groups is 1. The number of rotatable bonds is 4.